The van der Waals surface area contributed by atoms with Crippen LogP contribution in [0.25, 0.3) is 0 Å². The van der Waals surface area contributed by atoms with Gasteiger partial charge in [-0.2, -0.15) is 13.2 Å². The van der Waals surface area contributed by atoms with Gasteiger partial charge in [-0.25, -0.2) is 4.39 Å². The molecule has 2 rings (SSSR count). The average Bonchev–Trinajstić information content (AvgIpc) is 2.14. The van der Waals surface area contributed by atoms with Crippen LogP contribution < -0.4 is 5.32 Å². The van der Waals surface area contributed by atoms with Gasteiger partial charge in [0.05, 0.1) is 11.7 Å². The number of nitrogens with one attached hydrogen (secondary N) is 1. The molecule has 0 saturated carbocycles. The topological polar surface area (TPSA) is 32.3 Å². The fraction of sp³-hybridized carbons (Fsp3) is 0.400. The molecule has 0 bridgehead atoms. The van der Waals surface area contributed by atoms with E-state index in [1.807, 2.05) is 0 Å². The van der Waals surface area contributed by atoms with Gasteiger partial charge < -0.3 is 10.4 Å². The summed E-state index contributed by atoms with van der Waals surface area (Å²) in [4.78, 5) is 0. The summed E-state index contributed by atoms with van der Waals surface area (Å²) in [5.41, 5.74) is -0.986. The number of alkyl halides is 3. The Bertz CT molecular complexity index is 416. The first-order valence-corrected chi connectivity index (χ1v) is 4.69. The van der Waals surface area contributed by atoms with Gasteiger partial charge in [-0.15, -0.1) is 0 Å². The first-order chi connectivity index (χ1) is 7.38. The summed E-state index contributed by atoms with van der Waals surface area (Å²) in [7, 11) is 0. The van der Waals surface area contributed by atoms with Crippen LogP contribution in [0.3, 0.4) is 0 Å². The molecule has 1 aromatic rings. The number of aliphatic hydroxyl groups is 1. The van der Waals surface area contributed by atoms with Crippen LogP contribution in [0.4, 0.5) is 23.2 Å². The molecule has 0 radical (unpaired) electrons. The van der Waals surface area contributed by atoms with E-state index in [-0.39, 0.29) is 24.2 Å². The maximum atomic E-state index is 13.0. The second kappa shape index (κ2) is 3.62. The number of hydrogen-bond acceptors (Lipinski definition) is 2. The Labute approximate surface area is 88.9 Å². The lowest BCUT2D eigenvalue weighted by Gasteiger charge is -2.25. The summed E-state index contributed by atoms with van der Waals surface area (Å²) in [6.07, 6.45) is -5.35. The molecule has 1 aliphatic heterocycles. The normalized spacial score (nSPS) is 20.2. The number of rotatable bonds is 0. The highest BCUT2D eigenvalue weighted by atomic mass is 19.4. The van der Waals surface area contributed by atoms with Gasteiger partial charge >= 0.3 is 6.18 Å². The molecule has 2 N–H and O–H groups in total. The molecule has 0 saturated heterocycles. The Kier molecular flexibility index (Phi) is 2.53. The summed E-state index contributed by atoms with van der Waals surface area (Å²) >= 11 is 0. The smallest absolute Gasteiger partial charge is 0.391 e. The highest BCUT2D eigenvalue weighted by Crippen LogP contribution is 2.38. The van der Waals surface area contributed by atoms with Crippen LogP contribution in [0.2, 0.25) is 0 Å². The third-order valence-electron chi connectivity index (χ3n) is 2.46. The van der Waals surface area contributed by atoms with Crippen molar-refractivity contribution in [1.82, 2.24) is 0 Å². The molecule has 0 aliphatic carbocycles. The lowest BCUT2D eigenvalue weighted by atomic mass is 9.97. The van der Waals surface area contributed by atoms with Crippen LogP contribution in [-0.4, -0.2) is 17.8 Å². The van der Waals surface area contributed by atoms with Crippen LogP contribution in [0.1, 0.15) is 11.1 Å². The van der Waals surface area contributed by atoms with E-state index < -0.39 is 23.7 Å². The summed E-state index contributed by atoms with van der Waals surface area (Å²) < 4.78 is 50.8. The average molecular weight is 235 g/mol. The van der Waals surface area contributed by atoms with Crippen molar-refractivity contribution < 1.29 is 22.7 Å². The number of hydrogen-bond donors (Lipinski definition) is 2. The Balaban J connectivity index is 2.54. The zero-order valence-electron chi connectivity index (χ0n) is 8.11. The van der Waals surface area contributed by atoms with E-state index in [9.17, 15) is 22.7 Å². The van der Waals surface area contributed by atoms with E-state index in [2.05, 4.69) is 5.32 Å². The van der Waals surface area contributed by atoms with E-state index >= 15 is 0 Å². The zero-order valence-corrected chi connectivity index (χ0v) is 8.11. The third-order valence-corrected chi connectivity index (χ3v) is 2.46. The SMILES string of the molecule is OC1CNc2c(cc(F)cc2C(F)(F)F)C1. The minimum absolute atomic E-state index is 0.0309. The fourth-order valence-electron chi connectivity index (χ4n) is 1.80. The standard InChI is InChI=1S/C10H9F4NO/c11-6-1-5-2-7(16)4-15-9(5)8(3-6)10(12,13)14/h1,3,7,15-16H,2,4H2. The van der Waals surface area contributed by atoms with Crippen LogP contribution in [0.15, 0.2) is 12.1 Å². The number of anilines is 1. The number of aliphatic hydroxyl groups excluding tert-OH is 1. The van der Waals surface area contributed by atoms with Crippen molar-refractivity contribution in [2.75, 3.05) is 11.9 Å². The zero-order chi connectivity index (χ0) is 11.9. The van der Waals surface area contributed by atoms with Gasteiger partial charge in [0.1, 0.15) is 5.82 Å². The van der Waals surface area contributed by atoms with Crippen LogP contribution >= 0.6 is 0 Å². The Morgan fingerprint density at radius 2 is 2.00 bits per heavy atom. The van der Waals surface area contributed by atoms with Crippen LogP contribution in [0, 0.1) is 5.82 Å². The molecule has 1 atom stereocenters. The lowest BCUT2D eigenvalue weighted by Crippen LogP contribution is -2.29. The number of benzene rings is 1. The van der Waals surface area contributed by atoms with Gasteiger partial charge in [-0.05, 0) is 17.7 Å². The van der Waals surface area contributed by atoms with Gasteiger partial charge in [0.2, 0.25) is 0 Å². The van der Waals surface area contributed by atoms with Crippen molar-refractivity contribution in [2.45, 2.75) is 18.7 Å². The minimum Gasteiger partial charge on any atom is -0.391 e. The molecule has 16 heavy (non-hydrogen) atoms. The highest BCUT2D eigenvalue weighted by Gasteiger charge is 2.36. The number of halogens is 4. The Hall–Kier alpha value is -1.30. The molecule has 1 aliphatic rings. The summed E-state index contributed by atoms with van der Waals surface area (Å²) in [5, 5.41) is 11.8. The van der Waals surface area contributed by atoms with Crippen molar-refractivity contribution >= 4 is 5.69 Å². The van der Waals surface area contributed by atoms with Crippen LogP contribution in [-0.2, 0) is 12.6 Å². The maximum Gasteiger partial charge on any atom is 0.418 e. The molecule has 0 fully saturated rings. The molecule has 88 valence electrons. The van der Waals surface area contributed by atoms with Crippen molar-refractivity contribution in [2.24, 2.45) is 0 Å². The van der Waals surface area contributed by atoms with Gasteiger partial charge in [-0.1, -0.05) is 0 Å². The van der Waals surface area contributed by atoms with Gasteiger partial charge in [-0.3, -0.25) is 0 Å². The quantitative estimate of drug-likeness (QED) is 0.675. The monoisotopic (exact) mass is 235 g/mol. The summed E-state index contributed by atoms with van der Waals surface area (Å²) in [6, 6.07) is 1.48. The van der Waals surface area contributed by atoms with Crippen molar-refractivity contribution in [3.05, 3.63) is 29.1 Å². The molecule has 6 heteroatoms. The first kappa shape index (κ1) is 11.2. The molecular formula is C10H9F4NO. The van der Waals surface area contributed by atoms with E-state index in [0.29, 0.717) is 6.07 Å². The van der Waals surface area contributed by atoms with Crippen molar-refractivity contribution in [3.63, 3.8) is 0 Å². The maximum absolute atomic E-state index is 13.0. The van der Waals surface area contributed by atoms with Gasteiger partial charge in [0, 0.05) is 18.7 Å². The predicted molar refractivity (Wildman–Crippen MR) is 49.6 cm³/mol. The fourth-order valence-corrected chi connectivity index (χ4v) is 1.80. The molecule has 2 nitrogen and oxygen atoms in total. The van der Waals surface area contributed by atoms with Crippen molar-refractivity contribution in [3.8, 4) is 0 Å². The van der Waals surface area contributed by atoms with Crippen molar-refractivity contribution in [1.29, 1.82) is 0 Å². The van der Waals surface area contributed by atoms with E-state index in [1.165, 1.54) is 0 Å². The molecule has 1 aromatic carbocycles. The first-order valence-electron chi connectivity index (χ1n) is 4.69. The predicted octanol–water partition coefficient (Wildman–Crippen LogP) is 2.17. The molecular weight excluding hydrogens is 226 g/mol. The Morgan fingerprint density at radius 1 is 1.31 bits per heavy atom. The number of fused-ring (bicyclic) bond motifs is 1. The highest BCUT2D eigenvalue weighted by molar-refractivity contribution is 5.61. The summed E-state index contributed by atoms with van der Waals surface area (Å²) in [5.74, 6) is -0.943. The lowest BCUT2D eigenvalue weighted by molar-refractivity contribution is -0.137. The van der Waals surface area contributed by atoms with E-state index in [1.54, 1.807) is 0 Å². The summed E-state index contributed by atoms with van der Waals surface area (Å²) in [6.45, 7) is 0.0434. The second-order valence-corrected chi connectivity index (χ2v) is 3.72. The van der Waals surface area contributed by atoms with E-state index in [0.717, 1.165) is 6.07 Å². The number of β-amino-alcohol motifs (C(OH)–C–C–N with tert-alkyl or cyclic N) is 1. The van der Waals surface area contributed by atoms with E-state index in [4.69, 9.17) is 0 Å². The molecule has 0 aromatic heterocycles. The molecule has 0 amide bonds. The van der Waals surface area contributed by atoms with Gasteiger partial charge in [0.25, 0.3) is 0 Å². The molecule has 0 spiro atoms. The second-order valence-electron chi connectivity index (χ2n) is 3.72. The van der Waals surface area contributed by atoms with Crippen LogP contribution in [0.5, 0.6) is 0 Å². The third kappa shape index (κ3) is 1.97. The van der Waals surface area contributed by atoms with Gasteiger partial charge in [0.15, 0.2) is 0 Å². The molecule has 1 heterocycles. The molecule has 1 unspecified atom stereocenters. The Morgan fingerprint density at radius 3 is 2.62 bits per heavy atom. The largest absolute Gasteiger partial charge is 0.418 e. The minimum atomic E-state index is -4.60.